The molecule has 0 aliphatic carbocycles. The molecule has 5 nitrogen and oxygen atoms in total. The lowest BCUT2D eigenvalue weighted by Gasteiger charge is -2.10. The van der Waals surface area contributed by atoms with Crippen LogP contribution in [0, 0.1) is 0 Å². The molecule has 2 rings (SSSR count). The first kappa shape index (κ1) is 14.3. The first-order valence-electron chi connectivity index (χ1n) is 5.46. The van der Waals surface area contributed by atoms with E-state index in [1.807, 2.05) is 0 Å². The van der Waals surface area contributed by atoms with E-state index in [-0.39, 0.29) is 11.4 Å². The summed E-state index contributed by atoms with van der Waals surface area (Å²) in [7, 11) is -3.65. The minimum atomic E-state index is -3.65. The van der Waals surface area contributed by atoms with Crippen LogP contribution in [0.2, 0.25) is 0 Å². The van der Waals surface area contributed by atoms with Crippen molar-refractivity contribution in [3.8, 4) is 0 Å². The molecule has 1 heterocycles. The molecule has 0 aliphatic heterocycles. The van der Waals surface area contributed by atoms with Crippen LogP contribution in [-0.2, 0) is 10.0 Å². The minimum absolute atomic E-state index is 0.133. The molecule has 0 aliphatic rings. The molecule has 0 saturated heterocycles. The van der Waals surface area contributed by atoms with Gasteiger partial charge in [-0.25, -0.2) is 13.1 Å². The zero-order valence-corrected chi connectivity index (χ0v) is 12.2. The SMILES string of the molecule is O=S(=O)(NCC(O)c1ccco1)c1cccc(Br)c1. The Hall–Kier alpha value is -1.15. The predicted molar refractivity (Wildman–Crippen MR) is 73.0 cm³/mol. The van der Waals surface area contributed by atoms with E-state index in [0.29, 0.717) is 10.2 Å². The molecule has 1 aromatic carbocycles. The van der Waals surface area contributed by atoms with Gasteiger partial charge in [-0.15, -0.1) is 0 Å². The van der Waals surface area contributed by atoms with Crippen LogP contribution >= 0.6 is 15.9 Å². The van der Waals surface area contributed by atoms with E-state index in [0.717, 1.165) is 0 Å². The normalized spacial score (nSPS) is 13.4. The van der Waals surface area contributed by atoms with Crippen molar-refractivity contribution in [3.63, 3.8) is 0 Å². The molecule has 2 aromatic rings. The summed E-state index contributed by atoms with van der Waals surface area (Å²) < 4.78 is 32.0. The van der Waals surface area contributed by atoms with Gasteiger partial charge in [0.15, 0.2) is 0 Å². The number of nitrogens with one attached hydrogen (secondary N) is 1. The number of furan rings is 1. The zero-order chi connectivity index (χ0) is 13.9. The average molecular weight is 346 g/mol. The van der Waals surface area contributed by atoms with Gasteiger partial charge >= 0.3 is 0 Å². The third-order valence-electron chi connectivity index (χ3n) is 2.44. The monoisotopic (exact) mass is 345 g/mol. The first-order chi connectivity index (χ1) is 8.99. The summed E-state index contributed by atoms with van der Waals surface area (Å²) in [5, 5.41) is 9.74. The van der Waals surface area contributed by atoms with Crippen LogP contribution < -0.4 is 4.72 Å². The number of aliphatic hydroxyl groups excluding tert-OH is 1. The Morgan fingerprint density at radius 1 is 1.32 bits per heavy atom. The molecule has 0 bridgehead atoms. The lowest BCUT2D eigenvalue weighted by atomic mass is 10.3. The van der Waals surface area contributed by atoms with Gasteiger partial charge in [-0.1, -0.05) is 22.0 Å². The maximum atomic E-state index is 12.0. The van der Waals surface area contributed by atoms with Gasteiger partial charge in [-0.2, -0.15) is 0 Å². The molecule has 0 saturated carbocycles. The van der Waals surface area contributed by atoms with Gasteiger partial charge in [-0.05, 0) is 30.3 Å². The van der Waals surface area contributed by atoms with E-state index >= 15 is 0 Å². The van der Waals surface area contributed by atoms with Crippen molar-refractivity contribution < 1.29 is 17.9 Å². The number of rotatable bonds is 5. The van der Waals surface area contributed by atoms with Gasteiger partial charge < -0.3 is 9.52 Å². The lowest BCUT2D eigenvalue weighted by Crippen LogP contribution is -2.28. The number of aliphatic hydroxyl groups is 1. The fourth-order valence-electron chi connectivity index (χ4n) is 1.49. The van der Waals surface area contributed by atoms with Crippen LogP contribution in [0.3, 0.4) is 0 Å². The van der Waals surface area contributed by atoms with Crippen molar-refractivity contribution >= 4 is 26.0 Å². The zero-order valence-electron chi connectivity index (χ0n) is 9.78. The summed E-state index contributed by atoms with van der Waals surface area (Å²) in [5.41, 5.74) is 0. The summed E-state index contributed by atoms with van der Waals surface area (Å²) in [6.07, 6.45) is 0.401. The number of hydrogen-bond donors (Lipinski definition) is 2. The Morgan fingerprint density at radius 2 is 2.11 bits per heavy atom. The highest BCUT2D eigenvalue weighted by Crippen LogP contribution is 2.17. The summed E-state index contributed by atoms with van der Waals surface area (Å²) in [6.45, 7) is -0.150. The molecule has 7 heteroatoms. The molecular formula is C12H12BrNO4S. The van der Waals surface area contributed by atoms with E-state index in [4.69, 9.17) is 4.42 Å². The molecule has 0 fully saturated rings. The molecule has 0 radical (unpaired) electrons. The van der Waals surface area contributed by atoms with Crippen molar-refractivity contribution in [2.75, 3.05) is 6.54 Å². The number of hydrogen-bond acceptors (Lipinski definition) is 4. The Balaban J connectivity index is 2.06. The second-order valence-electron chi connectivity index (χ2n) is 3.84. The second-order valence-corrected chi connectivity index (χ2v) is 6.52. The van der Waals surface area contributed by atoms with E-state index in [1.54, 1.807) is 24.3 Å². The van der Waals surface area contributed by atoms with Crippen LogP contribution in [0.1, 0.15) is 11.9 Å². The van der Waals surface area contributed by atoms with Crippen molar-refractivity contribution in [1.82, 2.24) is 4.72 Å². The highest BCUT2D eigenvalue weighted by molar-refractivity contribution is 9.10. The third-order valence-corrected chi connectivity index (χ3v) is 4.36. The van der Waals surface area contributed by atoms with Crippen molar-refractivity contribution in [1.29, 1.82) is 0 Å². The minimum Gasteiger partial charge on any atom is -0.467 e. The van der Waals surface area contributed by atoms with Crippen molar-refractivity contribution in [2.45, 2.75) is 11.0 Å². The van der Waals surface area contributed by atoms with Crippen LogP contribution in [0.25, 0.3) is 0 Å². The van der Waals surface area contributed by atoms with E-state index in [2.05, 4.69) is 20.7 Å². The molecule has 2 N–H and O–H groups in total. The van der Waals surface area contributed by atoms with Gasteiger partial charge in [0, 0.05) is 11.0 Å². The molecule has 0 spiro atoms. The average Bonchev–Trinajstić information content (AvgIpc) is 2.90. The van der Waals surface area contributed by atoms with Gasteiger partial charge in [-0.3, -0.25) is 0 Å². The van der Waals surface area contributed by atoms with Crippen molar-refractivity contribution in [3.05, 3.63) is 52.9 Å². The highest BCUT2D eigenvalue weighted by Gasteiger charge is 2.18. The van der Waals surface area contributed by atoms with Gasteiger partial charge in [0.25, 0.3) is 0 Å². The summed E-state index contributed by atoms with van der Waals surface area (Å²) in [5.74, 6) is 0.317. The molecule has 19 heavy (non-hydrogen) atoms. The standard InChI is InChI=1S/C12H12BrNO4S/c13-9-3-1-4-10(7-9)19(16,17)14-8-11(15)12-5-2-6-18-12/h1-7,11,14-15H,8H2. The topological polar surface area (TPSA) is 79.5 Å². The molecule has 0 amide bonds. The smallest absolute Gasteiger partial charge is 0.240 e. The van der Waals surface area contributed by atoms with Crippen LogP contribution in [0.15, 0.2) is 56.4 Å². The van der Waals surface area contributed by atoms with Gasteiger partial charge in [0.2, 0.25) is 10.0 Å². The fraction of sp³-hybridized carbons (Fsp3) is 0.167. The van der Waals surface area contributed by atoms with E-state index in [9.17, 15) is 13.5 Å². The molecule has 102 valence electrons. The Labute approximate surface area is 119 Å². The Kier molecular flexibility index (Phi) is 4.41. The second kappa shape index (κ2) is 5.87. The summed E-state index contributed by atoms with van der Waals surface area (Å²) in [6, 6.07) is 9.53. The lowest BCUT2D eigenvalue weighted by molar-refractivity contribution is 0.154. The van der Waals surface area contributed by atoms with Crippen molar-refractivity contribution in [2.24, 2.45) is 0 Å². The quantitative estimate of drug-likeness (QED) is 0.869. The van der Waals surface area contributed by atoms with E-state index in [1.165, 1.54) is 18.4 Å². The van der Waals surface area contributed by atoms with E-state index < -0.39 is 16.1 Å². The van der Waals surface area contributed by atoms with Crippen LogP contribution in [0.5, 0.6) is 0 Å². The number of sulfonamides is 1. The highest BCUT2D eigenvalue weighted by atomic mass is 79.9. The fourth-order valence-corrected chi connectivity index (χ4v) is 3.12. The Bertz CT molecular complexity index is 640. The molecule has 1 aromatic heterocycles. The maximum absolute atomic E-state index is 12.0. The maximum Gasteiger partial charge on any atom is 0.240 e. The van der Waals surface area contributed by atoms with Crippen LogP contribution in [0.4, 0.5) is 0 Å². The molecular weight excluding hydrogens is 334 g/mol. The van der Waals surface area contributed by atoms with Gasteiger partial charge in [0.1, 0.15) is 11.9 Å². The summed E-state index contributed by atoms with van der Waals surface area (Å²) in [4.78, 5) is 0.133. The Morgan fingerprint density at radius 3 is 2.74 bits per heavy atom. The van der Waals surface area contributed by atoms with Crippen LogP contribution in [-0.4, -0.2) is 20.1 Å². The number of benzene rings is 1. The third kappa shape index (κ3) is 3.66. The summed E-state index contributed by atoms with van der Waals surface area (Å²) >= 11 is 3.21. The molecule has 1 unspecified atom stereocenters. The molecule has 1 atom stereocenters. The first-order valence-corrected chi connectivity index (χ1v) is 7.73. The van der Waals surface area contributed by atoms with Gasteiger partial charge in [0.05, 0.1) is 11.2 Å². The predicted octanol–water partition coefficient (Wildman–Crippen LogP) is 2.05. The largest absolute Gasteiger partial charge is 0.467 e. The number of halogens is 1.